The summed E-state index contributed by atoms with van der Waals surface area (Å²) in [7, 11) is 0. The highest BCUT2D eigenvalue weighted by Crippen LogP contribution is 2.31. The van der Waals surface area contributed by atoms with E-state index in [4.69, 9.17) is 5.11 Å². The first-order valence-electron chi connectivity index (χ1n) is 5.57. The zero-order valence-corrected chi connectivity index (χ0v) is 11.5. The molecule has 1 atom stereocenters. The maximum atomic E-state index is 12.7. The van der Waals surface area contributed by atoms with Gasteiger partial charge in [-0.25, -0.2) is 9.78 Å². The summed E-state index contributed by atoms with van der Waals surface area (Å²) in [6, 6.07) is 0. The molecule has 0 aliphatic carbocycles. The number of nitrogens with one attached hydrogen (secondary N) is 1. The first kappa shape index (κ1) is 15.9. The quantitative estimate of drug-likeness (QED) is 0.877. The number of hydrogen-bond donors (Lipinski definition) is 2. The SMILES string of the molecule is CC(C)c1nc(CNC(C)(C(=O)O)C(F)(F)F)cs1. The van der Waals surface area contributed by atoms with Gasteiger partial charge in [-0.2, -0.15) is 13.2 Å². The molecule has 0 aliphatic rings. The fourth-order valence-corrected chi connectivity index (χ4v) is 2.07. The van der Waals surface area contributed by atoms with Crippen molar-refractivity contribution in [1.82, 2.24) is 10.3 Å². The van der Waals surface area contributed by atoms with E-state index in [1.165, 1.54) is 11.3 Å². The number of hydrogen-bond acceptors (Lipinski definition) is 4. The molecular weight excluding hydrogens is 281 g/mol. The molecule has 0 bridgehead atoms. The summed E-state index contributed by atoms with van der Waals surface area (Å²) in [6.45, 7) is 4.21. The summed E-state index contributed by atoms with van der Waals surface area (Å²) in [4.78, 5) is 15.0. The van der Waals surface area contributed by atoms with E-state index in [1.54, 1.807) is 5.38 Å². The Balaban J connectivity index is 2.80. The van der Waals surface area contributed by atoms with Gasteiger partial charge in [0.2, 0.25) is 5.54 Å². The van der Waals surface area contributed by atoms with E-state index in [1.807, 2.05) is 19.2 Å². The molecule has 19 heavy (non-hydrogen) atoms. The van der Waals surface area contributed by atoms with Crippen molar-refractivity contribution < 1.29 is 23.1 Å². The Morgan fingerprint density at radius 3 is 2.47 bits per heavy atom. The number of carboxylic acids is 1. The Morgan fingerprint density at radius 1 is 1.53 bits per heavy atom. The molecule has 0 fully saturated rings. The van der Waals surface area contributed by atoms with Gasteiger partial charge in [-0.15, -0.1) is 11.3 Å². The molecule has 0 saturated heterocycles. The third kappa shape index (κ3) is 3.44. The van der Waals surface area contributed by atoms with Gasteiger partial charge in [0.05, 0.1) is 10.7 Å². The largest absolute Gasteiger partial charge is 0.480 e. The molecule has 108 valence electrons. The van der Waals surface area contributed by atoms with Crippen LogP contribution in [-0.4, -0.2) is 27.8 Å². The van der Waals surface area contributed by atoms with Crippen molar-refractivity contribution in [1.29, 1.82) is 0 Å². The third-order valence-corrected chi connectivity index (χ3v) is 3.88. The Morgan fingerprint density at radius 2 is 2.11 bits per heavy atom. The van der Waals surface area contributed by atoms with Gasteiger partial charge in [0.15, 0.2) is 0 Å². The standard InChI is InChI=1S/C11H15F3N2O2S/c1-6(2)8-16-7(5-19-8)4-15-10(3,9(17)18)11(12,13)14/h5-6,15H,4H2,1-3H3,(H,17,18). The minimum Gasteiger partial charge on any atom is -0.480 e. The molecule has 4 nitrogen and oxygen atoms in total. The zero-order valence-electron chi connectivity index (χ0n) is 10.7. The molecule has 2 N–H and O–H groups in total. The number of nitrogens with zero attached hydrogens (tertiary/aromatic N) is 1. The van der Waals surface area contributed by atoms with Gasteiger partial charge in [0.1, 0.15) is 0 Å². The normalized spacial score (nSPS) is 15.5. The fraction of sp³-hybridized carbons (Fsp3) is 0.636. The van der Waals surface area contributed by atoms with Crippen LogP contribution in [0.15, 0.2) is 5.38 Å². The fourth-order valence-electron chi connectivity index (χ4n) is 1.23. The zero-order chi connectivity index (χ0) is 14.8. The summed E-state index contributed by atoms with van der Waals surface area (Å²) in [5.41, 5.74) is -2.57. The average Bonchev–Trinajstić information content (AvgIpc) is 2.72. The number of rotatable bonds is 5. The number of halogens is 3. The van der Waals surface area contributed by atoms with Crippen LogP contribution in [0.3, 0.4) is 0 Å². The van der Waals surface area contributed by atoms with Crippen molar-refractivity contribution in [2.24, 2.45) is 0 Å². The predicted octanol–water partition coefficient (Wildman–Crippen LogP) is 2.76. The number of alkyl halides is 3. The van der Waals surface area contributed by atoms with Crippen molar-refractivity contribution in [2.75, 3.05) is 0 Å². The maximum absolute atomic E-state index is 12.7. The molecule has 0 aromatic carbocycles. The summed E-state index contributed by atoms with van der Waals surface area (Å²) >= 11 is 1.34. The summed E-state index contributed by atoms with van der Waals surface area (Å²) in [5, 5.41) is 13.2. The van der Waals surface area contributed by atoms with Crippen LogP contribution in [0.4, 0.5) is 13.2 Å². The van der Waals surface area contributed by atoms with Gasteiger partial charge >= 0.3 is 12.1 Å². The van der Waals surface area contributed by atoms with Gasteiger partial charge in [-0.05, 0) is 6.92 Å². The molecule has 0 aliphatic heterocycles. The number of aromatic nitrogens is 1. The smallest absolute Gasteiger partial charge is 0.417 e. The van der Waals surface area contributed by atoms with Gasteiger partial charge in [0.25, 0.3) is 0 Å². The number of aliphatic carboxylic acids is 1. The van der Waals surface area contributed by atoms with Crippen LogP contribution in [0.1, 0.15) is 37.4 Å². The van der Waals surface area contributed by atoms with Crippen molar-refractivity contribution in [3.05, 3.63) is 16.1 Å². The molecule has 0 amide bonds. The molecule has 1 heterocycles. The Bertz CT molecular complexity index is 459. The molecule has 0 saturated carbocycles. The maximum Gasteiger partial charge on any atom is 0.417 e. The number of thiazole rings is 1. The van der Waals surface area contributed by atoms with Gasteiger partial charge < -0.3 is 5.11 Å². The van der Waals surface area contributed by atoms with Gasteiger partial charge in [-0.1, -0.05) is 13.8 Å². The minimum absolute atomic E-state index is 0.187. The van der Waals surface area contributed by atoms with E-state index < -0.39 is 17.7 Å². The Hall–Kier alpha value is -1.15. The van der Waals surface area contributed by atoms with E-state index >= 15 is 0 Å². The van der Waals surface area contributed by atoms with Crippen LogP contribution < -0.4 is 5.32 Å². The average molecular weight is 296 g/mol. The number of carbonyl (C=O) groups is 1. The second-order valence-corrected chi connectivity index (χ2v) is 5.50. The molecule has 0 spiro atoms. The predicted molar refractivity (Wildman–Crippen MR) is 65.1 cm³/mol. The molecule has 1 aromatic heterocycles. The summed E-state index contributed by atoms with van der Waals surface area (Å²) < 4.78 is 38.2. The Kier molecular flexibility index (Phi) is 4.57. The van der Waals surface area contributed by atoms with Gasteiger partial charge in [0, 0.05) is 17.8 Å². The van der Waals surface area contributed by atoms with Crippen LogP contribution >= 0.6 is 11.3 Å². The monoisotopic (exact) mass is 296 g/mol. The Labute approximate surface area is 112 Å². The summed E-state index contributed by atoms with van der Waals surface area (Å²) in [5.74, 6) is -1.77. The van der Waals surface area contributed by atoms with E-state index in [-0.39, 0.29) is 12.5 Å². The van der Waals surface area contributed by atoms with Crippen LogP contribution in [0, 0.1) is 0 Å². The van der Waals surface area contributed by atoms with Crippen molar-refractivity contribution in [2.45, 2.75) is 44.9 Å². The molecular formula is C11H15F3N2O2S. The molecule has 1 aromatic rings. The molecule has 8 heteroatoms. The topological polar surface area (TPSA) is 62.2 Å². The van der Waals surface area contributed by atoms with E-state index in [0.29, 0.717) is 12.6 Å². The number of carboxylic acid groups (broad SMARTS) is 1. The van der Waals surface area contributed by atoms with Crippen LogP contribution in [0.2, 0.25) is 0 Å². The lowest BCUT2D eigenvalue weighted by Gasteiger charge is -2.28. The lowest BCUT2D eigenvalue weighted by Crippen LogP contribution is -2.59. The van der Waals surface area contributed by atoms with Crippen LogP contribution in [-0.2, 0) is 11.3 Å². The first-order valence-corrected chi connectivity index (χ1v) is 6.45. The highest BCUT2D eigenvalue weighted by Gasteiger charge is 2.57. The van der Waals surface area contributed by atoms with Crippen molar-refractivity contribution in [3.8, 4) is 0 Å². The van der Waals surface area contributed by atoms with Crippen LogP contribution in [0.25, 0.3) is 0 Å². The van der Waals surface area contributed by atoms with Crippen LogP contribution in [0.5, 0.6) is 0 Å². The van der Waals surface area contributed by atoms with E-state index in [0.717, 1.165) is 5.01 Å². The first-order chi connectivity index (χ1) is 8.58. The van der Waals surface area contributed by atoms with E-state index in [2.05, 4.69) is 4.98 Å². The van der Waals surface area contributed by atoms with Crippen molar-refractivity contribution >= 4 is 17.3 Å². The summed E-state index contributed by atoms with van der Waals surface area (Å²) in [6.07, 6.45) is -4.88. The molecule has 0 radical (unpaired) electrons. The second kappa shape index (κ2) is 5.46. The van der Waals surface area contributed by atoms with E-state index in [9.17, 15) is 18.0 Å². The van der Waals surface area contributed by atoms with Gasteiger partial charge in [-0.3, -0.25) is 5.32 Å². The molecule has 1 unspecified atom stereocenters. The highest BCUT2D eigenvalue weighted by molar-refractivity contribution is 7.09. The highest BCUT2D eigenvalue weighted by atomic mass is 32.1. The lowest BCUT2D eigenvalue weighted by molar-refractivity contribution is -0.206. The minimum atomic E-state index is -4.88. The lowest BCUT2D eigenvalue weighted by atomic mass is 10.0. The second-order valence-electron chi connectivity index (χ2n) is 4.61. The van der Waals surface area contributed by atoms with Crippen molar-refractivity contribution in [3.63, 3.8) is 0 Å². The molecule has 1 rings (SSSR count). The third-order valence-electron chi connectivity index (χ3n) is 2.68.